The Bertz CT molecular complexity index is 1200. The summed E-state index contributed by atoms with van der Waals surface area (Å²) in [5, 5.41) is 0. The molecule has 0 N–H and O–H groups in total. The quantitative estimate of drug-likeness (QED) is 0.496. The second-order valence-electron chi connectivity index (χ2n) is 12.0. The highest BCUT2D eigenvalue weighted by molar-refractivity contribution is 5.98. The number of methoxy groups -OCH3 is 1. The van der Waals surface area contributed by atoms with Crippen LogP contribution < -0.4 is 14.2 Å². The normalized spacial score (nSPS) is 24.0. The lowest BCUT2D eigenvalue weighted by Crippen LogP contribution is -2.40. The monoisotopic (exact) mass is 477 g/mol. The highest BCUT2D eigenvalue weighted by Gasteiger charge is 2.43. The lowest BCUT2D eigenvalue weighted by atomic mass is 9.58. The summed E-state index contributed by atoms with van der Waals surface area (Å²) in [6.45, 7) is 14.9. The number of likely N-dealkylation sites (N-methyl/N-ethyl adjacent to an activating group) is 1. The standard InChI is InChI=1S/C30H39NO4/c1-17-11-22-21(29(3,4)15-18(2)30(22,5)6)13-20(17)24(32)14-23-26-19(9-10-31(23)7)12-25-27(28(26)33-8)35-16-34-25/h11-13,18,23H,9-10,14-16H2,1-8H3. The van der Waals surface area contributed by atoms with Gasteiger partial charge in [-0.15, -0.1) is 0 Å². The van der Waals surface area contributed by atoms with Crippen LogP contribution in [0.15, 0.2) is 18.2 Å². The molecule has 0 amide bonds. The van der Waals surface area contributed by atoms with Crippen LogP contribution in [0.5, 0.6) is 17.2 Å². The molecule has 2 aromatic rings. The maximum Gasteiger partial charge on any atom is 0.231 e. The number of ether oxygens (including phenoxy) is 3. The largest absolute Gasteiger partial charge is 0.492 e. The van der Waals surface area contributed by atoms with E-state index >= 15 is 0 Å². The number of hydrogen-bond acceptors (Lipinski definition) is 5. The first-order valence-electron chi connectivity index (χ1n) is 12.8. The lowest BCUT2D eigenvalue weighted by molar-refractivity contribution is 0.0924. The molecule has 5 heteroatoms. The third-order valence-electron chi connectivity index (χ3n) is 9.06. The molecule has 5 rings (SSSR count). The summed E-state index contributed by atoms with van der Waals surface area (Å²) < 4.78 is 17.2. The summed E-state index contributed by atoms with van der Waals surface area (Å²) in [7, 11) is 3.77. The first-order chi connectivity index (χ1) is 16.5. The Labute approximate surface area is 209 Å². The summed E-state index contributed by atoms with van der Waals surface area (Å²) in [5.41, 5.74) is 7.02. The van der Waals surface area contributed by atoms with Gasteiger partial charge in [-0.3, -0.25) is 9.69 Å². The number of nitrogens with zero attached hydrogens (tertiary/aromatic N) is 1. The Morgan fingerprint density at radius 2 is 1.89 bits per heavy atom. The van der Waals surface area contributed by atoms with Crippen molar-refractivity contribution < 1.29 is 19.0 Å². The van der Waals surface area contributed by atoms with Gasteiger partial charge in [0.05, 0.1) is 7.11 Å². The molecular weight excluding hydrogens is 438 g/mol. The minimum absolute atomic E-state index is 0.0440. The average Bonchev–Trinajstić information content (AvgIpc) is 3.26. The van der Waals surface area contributed by atoms with Crippen molar-refractivity contribution in [2.45, 2.75) is 77.7 Å². The van der Waals surface area contributed by atoms with Gasteiger partial charge >= 0.3 is 0 Å². The fourth-order valence-corrected chi connectivity index (χ4v) is 6.57. The zero-order chi connectivity index (χ0) is 25.3. The second kappa shape index (κ2) is 8.26. The molecule has 0 bridgehead atoms. The molecule has 0 radical (unpaired) electrons. The van der Waals surface area contributed by atoms with E-state index in [0.29, 0.717) is 23.8 Å². The molecule has 0 saturated heterocycles. The molecule has 0 spiro atoms. The number of rotatable bonds is 4. The molecule has 5 nitrogen and oxygen atoms in total. The predicted octanol–water partition coefficient (Wildman–Crippen LogP) is 6.13. The SMILES string of the molecule is COc1c2c(cc3c1C(CC(=O)c1cc4c(cc1C)C(C)(C)C(C)CC4(C)C)N(C)CC3)OCO2. The number of hydrogen-bond donors (Lipinski definition) is 0. The molecule has 0 saturated carbocycles. The molecule has 0 fully saturated rings. The van der Waals surface area contributed by atoms with E-state index in [1.165, 1.54) is 16.7 Å². The van der Waals surface area contributed by atoms with Crippen LogP contribution >= 0.6 is 0 Å². The van der Waals surface area contributed by atoms with Crippen molar-refractivity contribution in [1.82, 2.24) is 4.90 Å². The average molecular weight is 478 g/mol. The highest BCUT2D eigenvalue weighted by atomic mass is 16.7. The van der Waals surface area contributed by atoms with Gasteiger partial charge in [-0.2, -0.15) is 0 Å². The molecule has 0 aromatic heterocycles. The van der Waals surface area contributed by atoms with Crippen LogP contribution in [0.3, 0.4) is 0 Å². The fraction of sp³-hybridized carbons (Fsp3) is 0.567. The maximum absolute atomic E-state index is 13.9. The van der Waals surface area contributed by atoms with Crippen LogP contribution in [0.25, 0.3) is 0 Å². The van der Waals surface area contributed by atoms with E-state index in [9.17, 15) is 4.79 Å². The highest BCUT2D eigenvalue weighted by Crippen LogP contribution is 2.51. The Kier molecular flexibility index (Phi) is 5.71. The van der Waals surface area contributed by atoms with Crippen molar-refractivity contribution in [3.05, 3.63) is 51.6 Å². The minimum Gasteiger partial charge on any atom is -0.492 e. The zero-order valence-electron chi connectivity index (χ0n) is 22.5. The van der Waals surface area contributed by atoms with Crippen molar-refractivity contribution in [2.75, 3.05) is 27.5 Å². The molecular formula is C30H39NO4. The van der Waals surface area contributed by atoms with Gasteiger partial charge in [0.25, 0.3) is 0 Å². The Morgan fingerprint density at radius 1 is 1.14 bits per heavy atom. The number of ketones is 1. The molecule has 2 aliphatic heterocycles. The van der Waals surface area contributed by atoms with Gasteiger partial charge in [-0.05, 0) is 77.9 Å². The minimum atomic E-state index is -0.0735. The molecule has 188 valence electrons. The summed E-state index contributed by atoms with van der Waals surface area (Å²) in [6, 6.07) is 6.49. The van der Waals surface area contributed by atoms with E-state index < -0.39 is 0 Å². The third kappa shape index (κ3) is 3.74. The lowest BCUT2D eigenvalue weighted by Gasteiger charge is -2.47. The van der Waals surface area contributed by atoms with Crippen LogP contribution in [0.4, 0.5) is 0 Å². The van der Waals surface area contributed by atoms with Crippen molar-refractivity contribution in [3.63, 3.8) is 0 Å². The van der Waals surface area contributed by atoms with Gasteiger partial charge in [-0.25, -0.2) is 0 Å². The maximum atomic E-state index is 13.9. The van der Waals surface area contributed by atoms with Crippen molar-refractivity contribution in [2.24, 2.45) is 5.92 Å². The molecule has 2 atom stereocenters. The van der Waals surface area contributed by atoms with Gasteiger partial charge in [0.1, 0.15) is 0 Å². The summed E-state index contributed by atoms with van der Waals surface area (Å²) in [5.74, 6) is 2.86. The number of carbonyl (C=O) groups excluding carboxylic acids is 1. The van der Waals surface area contributed by atoms with Crippen molar-refractivity contribution >= 4 is 5.78 Å². The first-order valence-corrected chi connectivity index (χ1v) is 12.8. The van der Waals surface area contributed by atoms with Crippen molar-refractivity contribution in [1.29, 1.82) is 0 Å². The van der Waals surface area contributed by atoms with E-state index in [4.69, 9.17) is 14.2 Å². The first kappa shape index (κ1) is 24.2. The van der Waals surface area contributed by atoms with E-state index in [0.717, 1.165) is 41.8 Å². The number of carbonyl (C=O) groups is 1. The topological polar surface area (TPSA) is 48.0 Å². The Hall–Kier alpha value is -2.53. The molecule has 2 heterocycles. The van der Waals surface area contributed by atoms with Crippen LogP contribution in [-0.2, 0) is 17.3 Å². The number of aryl methyl sites for hydroxylation is 1. The van der Waals surface area contributed by atoms with Gasteiger partial charge < -0.3 is 14.2 Å². The van der Waals surface area contributed by atoms with Crippen LogP contribution in [0.1, 0.15) is 91.7 Å². The summed E-state index contributed by atoms with van der Waals surface area (Å²) >= 11 is 0. The van der Waals surface area contributed by atoms with Gasteiger partial charge in [-0.1, -0.05) is 40.7 Å². The van der Waals surface area contributed by atoms with E-state index in [-0.39, 0.29) is 29.4 Å². The Morgan fingerprint density at radius 3 is 2.60 bits per heavy atom. The predicted molar refractivity (Wildman–Crippen MR) is 138 cm³/mol. The molecule has 1 aliphatic carbocycles. The second-order valence-corrected chi connectivity index (χ2v) is 12.0. The third-order valence-corrected chi connectivity index (χ3v) is 9.06. The van der Waals surface area contributed by atoms with Gasteiger partial charge in [0.15, 0.2) is 17.3 Å². The van der Waals surface area contributed by atoms with Crippen molar-refractivity contribution in [3.8, 4) is 17.2 Å². The summed E-state index contributed by atoms with van der Waals surface area (Å²) in [4.78, 5) is 16.2. The smallest absolute Gasteiger partial charge is 0.231 e. The van der Waals surface area contributed by atoms with Crippen LogP contribution in [-0.4, -0.2) is 38.2 Å². The number of benzene rings is 2. The van der Waals surface area contributed by atoms with E-state index in [1.807, 2.05) is 0 Å². The molecule has 2 unspecified atom stereocenters. The summed E-state index contributed by atoms with van der Waals surface area (Å²) in [6.07, 6.45) is 2.41. The molecule has 3 aliphatic rings. The van der Waals surface area contributed by atoms with Crippen LogP contribution in [0, 0.1) is 12.8 Å². The van der Waals surface area contributed by atoms with Gasteiger partial charge in [0.2, 0.25) is 12.5 Å². The molecule has 2 aromatic carbocycles. The zero-order valence-corrected chi connectivity index (χ0v) is 22.5. The molecule has 35 heavy (non-hydrogen) atoms. The number of Topliss-reactive ketones (excluding diaryl/α,β-unsaturated/α-hetero) is 1. The Balaban J connectivity index is 1.55. The van der Waals surface area contributed by atoms with Gasteiger partial charge in [0, 0.05) is 30.1 Å². The van der Waals surface area contributed by atoms with E-state index in [1.54, 1.807) is 7.11 Å². The van der Waals surface area contributed by atoms with E-state index in [2.05, 4.69) is 71.7 Å². The van der Waals surface area contributed by atoms with Crippen LogP contribution in [0.2, 0.25) is 0 Å². The number of fused-ring (bicyclic) bond motifs is 3. The fourth-order valence-electron chi connectivity index (χ4n) is 6.57.